The molecule has 0 N–H and O–H groups in total. The monoisotopic (exact) mass is 356 g/mol. The number of likely N-dealkylation sites (N-methyl/N-ethyl adjacent to an activating group) is 1. The van der Waals surface area contributed by atoms with Gasteiger partial charge in [-0.25, -0.2) is 4.98 Å². The van der Waals surface area contributed by atoms with Gasteiger partial charge in [0.05, 0.1) is 5.52 Å². The highest BCUT2D eigenvalue weighted by Gasteiger charge is 2.23. The van der Waals surface area contributed by atoms with Gasteiger partial charge in [-0.05, 0) is 19.9 Å². The fraction of sp³-hybridized carbons (Fsp3) is 0.389. The lowest BCUT2D eigenvalue weighted by molar-refractivity contribution is -0.131. The van der Waals surface area contributed by atoms with Crippen LogP contribution < -0.4 is 5.56 Å². The van der Waals surface area contributed by atoms with Crippen molar-refractivity contribution >= 4 is 39.6 Å². The van der Waals surface area contributed by atoms with Gasteiger partial charge in [-0.1, -0.05) is 30.0 Å². The zero-order valence-electron chi connectivity index (χ0n) is 14.4. The molecule has 0 saturated carbocycles. The third kappa shape index (κ3) is 2.45. The summed E-state index contributed by atoms with van der Waals surface area (Å²) in [5, 5.41) is 1.70. The first-order valence-corrected chi connectivity index (χ1v) is 9.56. The second-order valence-corrected chi connectivity index (χ2v) is 7.13. The summed E-state index contributed by atoms with van der Waals surface area (Å²) >= 11 is 1.61. The highest BCUT2D eigenvalue weighted by Crippen LogP contribution is 2.29. The fourth-order valence-corrected chi connectivity index (χ4v) is 4.44. The lowest BCUT2D eigenvalue weighted by Gasteiger charge is -2.19. The van der Waals surface area contributed by atoms with E-state index in [1.807, 2.05) is 42.7 Å². The Morgan fingerprint density at radius 2 is 2.04 bits per heavy atom. The molecule has 0 unspecified atom stereocenters. The number of hydrogen-bond donors (Lipinski definition) is 0. The molecule has 0 spiro atoms. The maximum Gasteiger partial charge on any atom is 0.278 e. The molecule has 3 heterocycles. The van der Waals surface area contributed by atoms with Gasteiger partial charge < -0.3 is 9.47 Å². The minimum Gasteiger partial charge on any atom is -0.342 e. The van der Waals surface area contributed by atoms with Crippen LogP contribution in [0.5, 0.6) is 0 Å². The maximum absolute atomic E-state index is 13.1. The first kappa shape index (κ1) is 16.2. The Morgan fingerprint density at radius 3 is 2.80 bits per heavy atom. The van der Waals surface area contributed by atoms with Crippen molar-refractivity contribution in [1.29, 1.82) is 0 Å². The average molecular weight is 356 g/mol. The average Bonchev–Trinajstić information content (AvgIpc) is 3.21. The molecule has 0 saturated heterocycles. The quantitative estimate of drug-likeness (QED) is 0.673. The Labute approximate surface area is 149 Å². The Kier molecular flexibility index (Phi) is 4.03. The zero-order valence-corrected chi connectivity index (χ0v) is 15.2. The molecule has 6 nitrogen and oxygen atoms in total. The molecule has 25 heavy (non-hydrogen) atoms. The number of para-hydroxylation sites is 1. The maximum atomic E-state index is 13.1. The van der Waals surface area contributed by atoms with E-state index >= 15 is 0 Å². The molecule has 0 radical (unpaired) electrons. The van der Waals surface area contributed by atoms with Gasteiger partial charge in [0.25, 0.3) is 5.56 Å². The van der Waals surface area contributed by atoms with Gasteiger partial charge in [0.1, 0.15) is 17.6 Å². The second-order valence-electron chi connectivity index (χ2n) is 6.07. The number of fused-ring (bicyclic) bond motifs is 4. The Morgan fingerprint density at radius 1 is 1.28 bits per heavy atom. The summed E-state index contributed by atoms with van der Waals surface area (Å²) in [7, 11) is 0. The van der Waals surface area contributed by atoms with Crippen molar-refractivity contribution in [3.05, 3.63) is 34.6 Å². The van der Waals surface area contributed by atoms with Crippen LogP contribution in [0.1, 0.15) is 13.8 Å². The number of rotatable bonds is 4. The van der Waals surface area contributed by atoms with Crippen LogP contribution in [0.4, 0.5) is 0 Å². The van der Waals surface area contributed by atoms with Crippen molar-refractivity contribution in [1.82, 2.24) is 19.0 Å². The fourth-order valence-electron chi connectivity index (χ4n) is 3.50. The van der Waals surface area contributed by atoms with E-state index in [1.165, 1.54) is 0 Å². The summed E-state index contributed by atoms with van der Waals surface area (Å²) in [4.78, 5) is 32.3. The van der Waals surface area contributed by atoms with Crippen LogP contribution in [0.3, 0.4) is 0 Å². The standard InChI is InChI=1S/C18H20N4O2S/c1-3-20(4-2)14(23)11-22-13-8-6-5-7-12(13)15-16(22)17(24)21-9-10-25-18(21)19-15/h5-8H,3-4,9-11H2,1-2H3. The van der Waals surface area contributed by atoms with Gasteiger partial charge in [0.2, 0.25) is 5.91 Å². The number of hydrogen-bond acceptors (Lipinski definition) is 4. The lowest BCUT2D eigenvalue weighted by Crippen LogP contribution is -2.34. The van der Waals surface area contributed by atoms with E-state index in [-0.39, 0.29) is 18.0 Å². The number of nitrogens with zero attached hydrogens (tertiary/aromatic N) is 4. The normalized spacial score (nSPS) is 13.5. The number of thioether (sulfide) groups is 1. The SMILES string of the molecule is CCN(CC)C(=O)Cn1c2ccccc2c2nc3n(c(=O)c21)CCS3. The Hall–Kier alpha value is -2.28. The van der Waals surface area contributed by atoms with Crippen LogP contribution in [-0.4, -0.2) is 43.8 Å². The summed E-state index contributed by atoms with van der Waals surface area (Å²) < 4.78 is 3.57. The largest absolute Gasteiger partial charge is 0.342 e. The minimum atomic E-state index is -0.0476. The van der Waals surface area contributed by atoms with Crippen LogP contribution in [-0.2, 0) is 17.9 Å². The van der Waals surface area contributed by atoms with Crippen LogP contribution in [0.25, 0.3) is 21.9 Å². The molecule has 7 heteroatoms. The van der Waals surface area contributed by atoms with Gasteiger partial charge >= 0.3 is 0 Å². The van der Waals surface area contributed by atoms with E-state index in [4.69, 9.17) is 4.98 Å². The summed E-state index contributed by atoms with van der Waals surface area (Å²) in [5.41, 5.74) is 2.08. The van der Waals surface area contributed by atoms with Crippen LogP contribution >= 0.6 is 11.8 Å². The summed E-state index contributed by atoms with van der Waals surface area (Å²) in [6, 6.07) is 7.80. The number of carbonyl (C=O) groups is 1. The van der Waals surface area contributed by atoms with E-state index < -0.39 is 0 Å². The van der Waals surface area contributed by atoms with Gasteiger partial charge in [-0.2, -0.15) is 0 Å². The Balaban J connectivity index is 1.98. The molecule has 0 atom stereocenters. The van der Waals surface area contributed by atoms with E-state index in [9.17, 15) is 9.59 Å². The molecule has 0 aliphatic carbocycles. The van der Waals surface area contributed by atoms with Crippen LogP contribution in [0.2, 0.25) is 0 Å². The summed E-state index contributed by atoms with van der Waals surface area (Å²) in [5.74, 6) is 0.887. The molecular formula is C18H20N4O2S. The number of amides is 1. The molecule has 1 aromatic carbocycles. The van der Waals surface area contributed by atoms with Crippen LogP contribution in [0, 0.1) is 0 Å². The van der Waals surface area contributed by atoms with E-state index in [1.54, 1.807) is 21.2 Å². The number of aromatic nitrogens is 3. The highest BCUT2D eigenvalue weighted by molar-refractivity contribution is 7.99. The molecule has 3 aromatic rings. The molecule has 4 rings (SSSR count). The molecule has 1 aliphatic rings. The summed E-state index contributed by atoms with van der Waals surface area (Å²) in [6.07, 6.45) is 0. The van der Waals surface area contributed by atoms with Gasteiger partial charge in [-0.3, -0.25) is 14.2 Å². The molecule has 130 valence electrons. The minimum absolute atomic E-state index is 0.0203. The van der Waals surface area contributed by atoms with E-state index in [0.717, 1.165) is 21.8 Å². The third-order valence-electron chi connectivity index (χ3n) is 4.79. The topological polar surface area (TPSA) is 60.1 Å². The van der Waals surface area contributed by atoms with Gasteiger partial charge in [-0.15, -0.1) is 0 Å². The molecule has 1 aliphatic heterocycles. The van der Waals surface area contributed by atoms with Gasteiger partial charge in [0, 0.05) is 30.8 Å². The number of benzene rings is 1. The van der Waals surface area contributed by atoms with Crippen molar-refractivity contribution in [2.75, 3.05) is 18.8 Å². The number of carbonyl (C=O) groups excluding carboxylic acids is 1. The Bertz CT molecular complexity index is 1030. The molecule has 2 aromatic heterocycles. The summed E-state index contributed by atoms with van der Waals surface area (Å²) in [6.45, 7) is 6.09. The third-order valence-corrected chi connectivity index (χ3v) is 5.74. The first-order valence-electron chi connectivity index (χ1n) is 8.58. The predicted molar refractivity (Wildman–Crippen MR) is 100 cm³/mol. The van der Waals surface area contributed by atoms with Crippen molar-refractivity contribution < 1.29 is 4.79 Å². The molecule has 1 amide bonds. The molecule has 0 fully saturated rings. The molecular weight excluding hydrogens is 336 g/mol. The van der Waals surface area contributed by atoms with Crippen LogP contribution in [0.15, 0.2) is 34.2 Å². The first-order chi connectivity index (χ1) is 12.2. The predicted octanol–water partition coefficient (Wildman–Crippen LogP) is 2.33. The highest BCUT2D eigenvalue weighted by atomic mass is 32.2. The lowest BCUT2D eigenvalue weighted by atomic mass is 10.2. The molecule has 0 bridgehead atoms. The van der Waals surface area contributed by atoms with Crippen molar-refractivity contribution in [2.24, 2.45) is 0 Å². The smallest absolute Gasteiger partial charge is 0.278 e. The van der Waals surface area contributed by atoms with Crippen molar-refractivity contribution in [3.63, 3.8) is 0 Å². The van der Waals surface area contributed by atoms with Gasteiger partial charge in [0.15, 0.2) is 5.16 Å². The second kappa shape index (κ2) is 6.22. The zero-order chi connectivity index (χ0) is 17.6. The van der Waals surface area contributed by atoms with E-state index in [0.29, 0.717) is 30.7 Å². The van der Waals surface area contributed by atoms with Crippen molar-refractivity contribution in [2.45, 2.75) is 32.1 Å². The van der Waals surface area contributed by atoms with E-state index in [2.05, 4.69) is 0 Å². The van der Waals surface area contributed by atoms with Crippen molar-refractivity contribution in [3.8, 4) is 0 Å².